The Morgan fingerprint density at radius 3 is 2.95 bits per heavy atom. The third-order valence-electron chi connectivity index (χ3n) is 3.83. The standard InChI is InChI=1S/C17H18N4O/c1-11-3-2-4-13-9-14(10-18)16(21-15(11)13)19-7-8-20-17(22)12-5-6-12/h2-4,9,12H,5-8H2,1H3,(H,19,21)(H,20,22). The molecule has 1 aromatic carbocycles. The normalized spacial score (nSPS) is 13.6. The van der Waals surface area contributed by atoms with Crippen molar-refractivity contribution in [3.63, 3.8) is 0 Å². The molecule has 1 fully saturated rings. The van der Waals surface area contributed by atoms with Gasteiger partial charge in [-0.05, 0) is 31.4 Å². The molecule has 2 N–H and O–H groups in total. The molecule has 1 heterocycles. The predicted octanol–water partition coefficient (Wildman–Crippen LogP) is 2.35. The molecule has 0 aliphatic heterocycles. The number of benzene rings is 1. The molecule has 3 rings (SSSR count). The minimum atomic E-state index is 0.129. The molecule has 1 amide bonds. The van der Waals surface area contributed by atoms with Crippen molar-refractivity contribution in [2.75, 3.05) is 18.4 Å². The van der Waals surface area contributed by atoms with E-state index in [-0.39, 0.29) is 11.8 Å². The number of carbonyl (C=O) groups is 1. The summed E-state index contributed by atoms with van der Waals surface area (Å²) in [7, 11) is 0. The number of anilines is 1. The van der Waals surface area contributed by atoms with Crippen LogP contribution in [-0.2, 0) is 4.79 Å². The van der Waals surface area contributed by atoms with Crippen molar-refractivity contribution in [2.24, 2.45) is 5.92 Å². The molecule has 0 saturated heterocycles. The number of carbonyl (C=O) groups excluding carboxylic acids is 1. The van der Waals surface area contributed by atoms with E-state index in [4.69, 9.17) is 0 Å². The van der Waals surface area contributed by atoms with Crippen LogP contribution in [0.3, 0.4) is 0 Å². The van der Waals surface area contributed by atoms with Crippen molar-refractivity contribution in [2.45, 2.75) is 19.8 Å². The van der Waals surface area contributed by atoms with E-state index in [9.17, 15) is 10.1 Å². The van der Waals surface area contributed by atoms with Crippen LogP contribution in [0.5, 0.6) is 0 Å². The molecule has 1 aliphatic carbocycles. The van der Waals surface area contributed by atoms with Gasteiger partial charge in [-0.25, -0.2) is 4.98 Å². The van der Waals surface area contributed by atoms with Gasteiger partial charge in [0, 0.05) is 24.4 Å². The third kappa shape index (κ3) is 3.01. The zero-order chi connectivity index (χ0) is 15.5. The van der Waals surface area contributed by atoms with Gasteiger partial charge in [0.25, 0.3) is 0 Å². The Balaban J connectivity index is 1.70. The third-order valence-corrected chi connectivity index (χ3v) is 3.83. The maximum atomic E-state index is 11.6. The number of nitriles is 1. The van der Waals surface area contributed by atoms with E-state index < -0.39 is 0 Å². The molecular weight excluding hydrogens is 276 g/mol. The Bertz CT molecular complexity index is 759. The second-order valence-electron chi connectivity index (χ2n) is 5.64. The lowest BCUT2D eigenvalue weighted by Crippen LogP contribution is -2.30. The predicted molar refractivity (Wildman–Crippen MR) is 85.4 cm³/mol. The maximum absolute atomic E-state index is 11.6. The first kappa shape index (κ1) is 14.3. The van der Waals surface area contributed by atoms with E-state index >= 15 is 0 Å². The number of aromatic nitrogens is 1. The topological polar surface area (TPSA) is 77.8 Å². The average Bonchev–Trinajstić information content (AvgIpc) is 3.36. The van der Waals surface area contributed by atoms with Crippen LogP contribution < -0.4 is 10.6 Å². The van der Waals surface area contributed by atoms with Gasteiger partial charge in [-0.2, -0.15) is 5.26 Å². The smallest absolute Gasteiger partial charge is 0.223 e. The van der Waals surface area contributed by atoms with E-state index in [0.29, 0.717) is 24.5 Å². The number of para-hydroxylation sites is 1. The minimum Gasteiger partial charge on any atom is -0.367 e. The Hall–Kier alpha value is -2.61. The van der Waals surface area contributed by atoms with Crippen molar-refractivity contribution in [3.8, 4) is 6.07 Å². The first-order valence-electron chi connectivity index (χ1n) is 7.51. The highest BCUT2D eigenvalue weighted by atomic mass is 16.2. The van der Waals surface area contributed by atoms with Gasteiger partial charge in [0.1, 0.15) is 11.9 Å². The van der Waals surface area contributed by atoms with Crippen LogP contribution >= 0.6 is 0 Å². The minimum absolute atomic E-state index is 0.129. The number of hydrogen-bond acceptors (Lipinski definition) is 4. The van der Waals surface area contributed by atoms with Crippen molar-refractivity contribution in [1.29, 1.82) is 5.26 Å². The number of fused-ring (bicyclic) bond motifs is 1. The van der Waals surface area contributed by atoms with Crippen LogP contribution in [0.25, 0.3) is 10.9 Å². The maximum Gasteiger partial charge on any atom is 0.223 e. The van der Waals surface area contributed by atoms with E-state index in [2.05, 4.69) is 21.7 Å². The van der Waals surface area contributed by atoms with Crippen LogP contribution in [0.4, 0.5) is 5.82 Å². The molecule has 0 bridgehead atoms. The molecule has 112 valence electrons. The zero-order valence-corrected chi connectivity index (χ0v) is 12.5. The van der Waals surface area contributed by atoms with Crippen molar-refractivity contribution in [1.82, 2.24) is 10.3 Å². The highest BCUT2D eigenvalue weighted by Crippen LogP contribution is 2.28. The average molecular weight is 294 g/mol. The van der Waals surface area contributed by atoms with Gasteiger partial charge in [0.2, 0.25) is 5.91 Å². The summed E-state index contributed by atoms with van der Waals surface area (Å²) in [5.41, 5.74) is 2.49. The highest BCUT2D eigenvalue weighted by Gasteiger charge is 2.28. The van der Waals surface area contributed by atoms with Crippen molar-refractivity contribution < 1.29 is 4.79 Å². The van der Waals surface area contributed by atoms with Crippen LogP contribution in [0.1, 0.15) is 24.0 Å². The second-order valence-corrected chi connectivity index (χ2v) is 5.64. The van der Waals surface area contributed by atoms with Gasteiger partial charge in [-0.3, -0.25) is 4.79 Å². The first-order chi connectivity index (χ1) is 10.7. The Morgan fingerprint density at radius 2 is 2.23 bits per heavy atom. The summed E-state index contributed by atoms with van der Waals surface area (Å²) < 4.78 is 0. The van der Waals surface area contributed by atoms with E-state index in [1.807, 2.05) is 31.2 Å². The second kappa shape index (κ2) is 6.02. The first-order valence-corrected chi connectivity index (χ1v) is 7.51. The summed E-state index contributed by atoms with van der Waals surface area (Å²) in [6.45, 7) is 3.09. The molecule has 22 heavy (non-hydrogen) atoms. The number of nitrogens with one attached hydrogen (secondary N) is 2. The van der Waals surface area contributed by atoms with Crippen LogP contribution in [0, 0.1) is 24.2 Å². The van der Waals surface area contributed by atoms with Gasteiger partial charge in [0.05, 0.1) is 11.1 Å². The summed E-state index contributed by atoms with van der Waals surface area (Å²) in [4.78, 5) is 16.1. The molecule has 2 aromatic rings. The summed E-state index contributed by atoms with van der Waals surface area (Å²) in [6, 6.07) is 9.93. The molecule has 5 heteroatoms. The number of hydrogen-bond donors (Lipinski definition) is 2. The van der Waals surface area contributed by atoms with Gasteiger partial charge < -0.3 is 10.6 Å². The highest BCUT2D eigenvalue weighted by molar-refractivity contribution is 5.85. The number of pyridine rings is 1. The van der Waals surface area contributed by atoms with Crippen molar-refractivity contribution >= 4 is 22.6 Å². The van der Waals surface area contributed by atoms with E-state index in [1.54, 1.807) is 0 Å². The summed E-state index contributed by atoms with van der Waals surface area (Å²) in [5.74, 6) is 0.922. The molecule has 0 atom stereocenters. The van der Waals surface area contributed by atoms with Crippen LogP contribution in [0.2, 0.25) is 0 Å². The fourth-order valence-electron chi connectivity index (χ4n) is 2.42. The lowest BCUT2D eigenvalue weighted by molar-refractivity contribution is -0.122. The van der Waals surface area contributed by atoms with Crippen LogP contribution in [0.15, 0.2) is 24.3 Å². The SMILES string of the molecule is Cc1cccc2cc(C#N)c(NCCNC(=O)C3CC3)nc12. The number of aryl methyl sites for hydroxylation is 1. The molecule has 1 saturated carbocycles. The number of nitrogens with zero attached hydrogens (tertiary/aromatic N) is 2. The fourth-order valence-corrected chi connectivity index (χ4v) is 2.42. The van der Waals surface area contributed by atoms with Crippen LogP contribution in [-0.4, -0.2) is 24.0 Å². The Morgan fingerprint density at radius 1 is 1.41 bits per heavy atom. The van der Waals surface area contributed by atoms with E-state index in [0.717, 1.165) is 29.3 Å². The number of amides is 1. The molecule has 0 spiro atoms. The molecule has 1 aromatic heterocycles. The lowest BCUT2D eigenvalue weighted by atomic mass is 10.1. The monoisotopic (exact) mass is 294 g/mol. The van der Waals surface area contributed by atoms with Gasteiger partial charge in [-0.15, -0.1) is 0 Å². The summed E-state index contributed by atoms with van der Waals surface area (Å²) in [5, 5.41) is 16.3. The largest absolute Gasteiger partial charge is 0.367 e. The summed E-state index contributed by atoms with van der Waals surface area (Å²) in [6.07, 6.45) is 2.01. The Kier molecular flexibility index (Phi) is 3.92. The summed E-state index contributed by atoms with van der Waals surface area (Å²) >= 11 is 0. The van der Waals surface area contributed by atoms with E-state index in [1.165, 1.54) is 0 Å². The molecule has 0 radical (unpaired) electrons. The molecular formula is C17H18N4O. The Labute approximate surface area is 129 Å². The van der Waals surface area contributed by atoms with Gasteiger partial charge in [-0.1, -0.05) is 18.2 Å². The fraction of sp³-hybridized carbons (Fsp3) is 0.353. The number of rotatable bonds is 5. The molecule has 5 nitrogen and oxygen atoms in total. The molecule has 1 aliphatic rings. The van der Waals surface area contributed by atoms with Gasteiger partial charge >= 0.3 is 0 Å². The lowest BCUT2D eigenvalue weighted by Gasteiger charge is -2.10. The quantitative estimate of drug-likeness (QED) is 0.830. The van der Waals surface area contributed by atoms with Gasteiger partial charge in [0.15, 0.2) is 0 Å². The molecule has 0 unspecified atom stereocenters. The zero-order valence-electron chi connectivity index (χ0n) is 12.5. The van der Waals surface area contributed by atoms with Crippen molar-refractivity contribution in [3.05, 3.63) is 35.4 Å².